The van der Waals surface area contributed by atoms with E-state index in [1.165, 1.54) is 12.3 Å². The number of aromatic nitrogens is 7. The topological polar surface area (TPSA) is 119 Å². The van der Waals surface area contributed by atoms with E-state index in [0.717, 1.165) is 33.8 Å². The zero-order chi connectivity index (χ0) is 27.8. The molecule has 2 N–H and O–H groups in total. The molecule has 1 aromatic carbocycles. The van der Waals surface area contributed by atoms with Gasteiger partial charge in [0, 0.05) is 30.8 Å². The monoisotopic (exact) mass is 543 g/mol. The number of pyridine rings is 1. The standard InChI is InChI=1S/C28H30FN9O2/c1-17-16-40-11-9-36(17)25-13-23(26-18(2)35-38(19(26)3)21-12-20(29)14-30-15-21)33-28(34-25)37-24-7-5-4-6-22(24)32-27(37)31-8-10-39/h4-7,12-15,17,39H,8-11,16H2,1-3H3,(H,31,32)/t17-/m1/s1. The van der Waals surface area contributed by atoms with Crippen molar-refractivity contribution in [2.45, 2.75) is 26.8 Å². The van der Waals surface area contributed by atoms with Gasteiger partial charge in [0.2, 0.25) is 11.9 Å². The van der Waals surface area contributed by atoms with Crippen LogP contribution in [-0.2, 0) is 4.74 Å². The minimum atomic E-state index is -0.436. The van der Waals surface area contributed by atoms with Crippen LogP contribution in [0.5, 0.6) is 0 Å². The maximum atomic E-state index is 14.0. The molecule has 206 valence electrons. The van der Waals surface area contributed by atoms with E-state index in [4.69, 9.17) is 24.8 Å². The van der Waals surface area contributed by atoms with Crippen molar-refractivity contribution in [3.05, 3.63) is 66.0 Å². The van der Waals surface area contributed by atoms with E-state index in [0.29, 0.717) is 49.6 Å². The van der Waals surface area contributed by atoms with Crippen LogP contribution in [0.4, 0.5) is 16.2 Å². The average molecular weight is 544 g/mol. The number of anilines is 2. The predicted molar refractivity (Wildman–Crippen MR) is 150 cm³/mol. The van der Waals surface area contributed by atoms with Gasteiger partial charge in [0.05, 0.1) is 72.1 Å². The molecule has 1 saturated heterocycles. The van der Waals surface area contributed by atoms with Gasteiger partial charge in [-0.3, -0.25) is 4.98 Å². The number of rotatable bonds is 7. The number of hydrogen-bond acceptors (Lipinski definition) is 9. The van der Waals surface area contributed by atoms with Gasteiger partial charge in [0.1, 0.15) is 11.6 Å². The van der Waals surface area contributed by atoms with Crippen molar-refractivity contribution in [3.8, 4) is 22.9 Å². The Bertz CT molecular complexity index is 1680. The molecule has 0 bridgehead atoms. The molecule has 0 radical (unpaired) electrons. The first-order valence-electron chi connectivity index (χ1n) is 13.2. The third-order valence-corrected chi connectivity index (χ3v) is 7.00. The minimum Gasteiger partial charge on any atom is -0.395 e. The van der Waals surface area contributed by atoms with Gasteiger partial charge in [-0.25, -0.2) is 23.6 Å². The number of aliphatic hydroxyl groups excluding tert-OH is 1. The fourth-order valence-electron chi connectivity index (χ4n) is 5.16. The number of benzene rings is 1. The van der Waals surface area contributed by atoms with Crippen LogP contribution < -0.4 is 10.2 Å². The Morgan fingerprint density at radius 2 is 1.98 bits per heavy atom. The average Bonchev–Trinajstić information content (AvgIpc) is 3.48. The smallest absolute Gasteiger partial charge is 0.239 e. The minimum absolute atomic E-state index is 0.0485. The summed E-state index contributed by atoms with van der Waals surface area (Å²) in [5.74, 6) is 1.28. The Hall–Kier alpha value is -4.42. The van der Waals surface area contributed by atoms with Gasteiger partial charge >= 0.3 is 0 Å². The van der Waals surface area contributed by atoms with Gasteiger partial charge in [-0.15, -0.1) is 0 Å². The zero-order valence-electron chi connectivity index (χ0n) is 22.5. The number of ether oxygens (including phenoxy) is 1. The maximum absolute atomic E-state index is 14.0. The Morgan fingerprint density at radius 3 is 2.77 bits per heavy atom. The molecule has 1 aliphatic heterocycles. The first kappa shape index (κ1) is 25.8. The number of imidazole rings is 1. The second kappa shape index (κ2) is 10.6. The lowest BCUT2D eigenvalue weighted by Crippen LogP contribution is -2.44. The van der Waals surface area contributed by atoms with E-state index >= 15 is 0 Å². The fraction of sp³-hybridized carbons (Fsp3) is 0.321. The summed E-state index contributed by atoms with van der Waals surface area (Å²) in [7, 11) is 0. The van der Waals surface area contributed by atoms with Crippen LogP contribution in [0.15, 0.2) is 48.8 Å². The second-order valence-electron chi connectivity index (χ2n) is 9.76. The molecule has 0 amide bonds. The van der Waals surface area contributed by atoms with Crippen molar-refractivity contribution in [1.29, 1.82) is 0 Å². The van der Waals surface area contributed by atoms with Gasteiger partial charge < -0.3 is 20.1 Å². The third kappa shape index (κ3) is 4.65. The molecule has 1 fully saturated rings. The number of nitrogens with zero attached hydrogens (tertiary/aromatic N) is 8. The predicted octanol–water partition coefficient (Wildman–Crippen LogP) is 3.45. The first-order valence-corrected chi connectivity index (χ1v) is 13.2. The van der Waals surface area contributed by atoms with E-state index in [1.54, 1.807) is 10.9 Å². The number of aryl methyl sites for hydroxylation is 1. The number of para-hydroxylation sites is 2. The summed E-state index contributed by atoms with van der Waals surface area (Å²) in [4.78, 5) is 21.0. The van der Waals surface area contributed by atoms with Gasteiger partial charge in [-0.2, -0.15) is 10.1 Å². The summed E-state index contributed by atoms with van der Waals surface area (Å²) in [6.45, 7) is 8.09. The summed E-state index contributed by atoms with van der Waals surface area (Å²) in [5.41, 5.74) is 5.16. The zero-order valence-corrected chi connectivity index (χ0v) is 22.5. The van der Waals surface area contributed by atoms with Crippen LogP contribution in [0, 0.1) is 19.7 Å². The van der Waals surface area contributed by atoms with Crippen LogP contribution in [0.25, 0.3) is 33.9 Å². The van der Waals surface area contributed by atoms with Gasteiger partial charge in [0.25, 0.3) is 0 Å². The van der Waals surface area contributed by atoms with E-state index in [1.807, 2.05) is 48.7 Å². The van der Waals surface area contributed by atoms with Gasteiger partial charge in [0.15, 0.2) is 0 Å². The normalized spacial score (nSPS) is 15.6. The van der Waals surface area contributed by atoms with Crippen molar-refractivity contribution in [2.75, 3.05) is 43.1 Å². The Kier molecular flexibility index (Phi) is 6.86. The van der Waals surface area contributed by atoms with Gasteiger partial charge in [-0.05, 0) is 32.9 Å². The van der Waals surface area contributed by atoms with E-state index in [-0.39, 0.29) is 12.6 Å². The third-order valence-electron chi connectivity index (χ3n) is 7.00. The molecule has 11 nitrogen and oxygen atoms in total. The number of fused-ring (bicyclic) bond motifs is 1. The molecule has 12 heteroatoms. The van der Waals surface area contributed by atoms with Crippen molar-refractivity contribution in [1.82, 2.24) is 34.3 Å². The molecule has 0 aliphatic carbocycles. The van der Waals surface area contributed by atoms with Crippen LogP contribution >= 0.6 is 0 Å². The second-order valence-corrected chi connectivity index (χ2v) is 9.76. The number of morpholine rings is 1. The molecular formula is C28H30FN9O2. The first-order chi connectivity index (χ1) is 19.4. The van der Waals surface area contributed by atoms with Crippen LogP contribution in [0.1, 0.15) is 18.3 Å². The van der Waals surface area contributed by atoms with Crippen molar-refractivity contribution in [3.63, 3.8) is 0 Å². The van der Waals surface area contributed by atoms with Crippen LogP contribution in [0.3, 0.4) is 0 Å². The molecule has 5 aromatic rings. The Labute approximate surface area is 230 Å². The molecule has 5 heterocycles. The Balaban J connectivity index is 1.57. The quantitative estimate of drug-likeness (QED) is 0.318. The highest BCUT2D eigenvalue weighted by Crippen LogP contribution is 2.32. The molecule has 0 saturated carbocycles. The summed E-state index contributed by atoms with van der Waals surface area (Å²) in [5, 5.41) is 17.4. The summed E-state index contributed by atoms with van der Waals surface area (Å²) >= 11 is 0. The van der Waals surface area contributed by atoms with Crippen molar-refractivity contribution >= 4 is 22.8 Å². The lowest BCUT2D eigenvalue weighted by Gasteiger charge is -2.34. The SMILES string of the molecule is Cc1nn(-c2cncc(F)c2)c(C)c1-c1cc(N2CCOC[C@H]2C)nc(-n2c(NCCO)nc3ccccc32)n1. The van der Waals surface area contributed by atoms with Crippen molar-refractivity contribution in [2.24, 2.45) is 0 Å². The molecule has 40 heavy (non-hydrogen) atoms. The fourth-order valence-corrected chi connectivity index (χ4v) is 5.16. The summed E-state index contributed by atoms with van der Waals surface area (Å²) in [6, 6.07) is 11.2. The molecule has 4 aromatic heterocycles. The Morgan fingerprint density at radius 1 is 1.12 bits per heavy atom. The summed E-state index contributed by atoms with van der Waals surface area (Å²) in [6.07, 6.45) is 2.75. The molecule has 1 aliphatic rings. The van der Waals surface area contributed by atoms with E-state index in [2.05, 4.69) is 22.1 Å². The van der Waals surface area contributed by atoms with Crippen LogP contribution in [0.2, 0.25) is 0 Å². The van der Waals surface area contributed by atoms with Gasteiger partial charge in [-0.1, -0.05) is 12.1 Å². The molecule has 0 unspecified atom stereocenters. The van der Waals surface area contributed by atoms with Crippen LogP contribution in [-0.4, -0.2) is 78.3 Å². The number of aliphatic hydroxyl groups is 1. The lowest BCUT2D eigenvalue weighted by molar-refractivity contribution is 0.0985. The van der Waals surface area contributed by atoms with E-state index in [9.17, 15) is 9.50 Å². The summed E-state index contributed by atoms with van der Waals surface area (Å²) < 4.78 is 23.2. The highest BCUT2D eigenvalue weighted by atomic mass is 19.1. The molecule has 1 atom stereocenters. The molecule has 6 rings (SSSR count). The van der Waals surface area contributed by atoms with E-state index < -0.39 is 5.82 Å². The number of halogens is 1. The molecule has 0 spiro atoms. The largest absolute Gasteiger partial charge is 0.395 e. The number of nitrogens with one attached hydrogen (secondary N) is 1. The maximum Gasteiger partial charge on any atom is 0.239 e. The number of hydrogen-bond donors (Lipinski definition) is 2. The lowest BCUT2D eigenvalue weighted by atomic mass is 10.1. The molecular weight excluding hydrogens is 513 g/mol. The highest BCUT2D eigenvalue weighted by Gasteiger charge is 2.25. The van der Waals surface area contributed by atoms with Crippen molar-refractivity contribution < 1.29 is 14.2 Å². The highest BCUT2D eigenvalue weighted by molar-refractivity contribution is 5.81.